The highest BCUT2D eigenvalue weighted by Gasteiger charge is 2.10. The van der Waals surface area contributed by atoms with Crippen molar-refractivity contribution in [2.75, 3.05) is 5.32 Å². The van der Waals surface area contributed by atoms with E-state index in [9.17, 15) is 4.39 Å². The summed E-state index contributed by atoms with van der Waals surface area (Å²) in [6.45, 7) is 1.92. The molecule has 96 valence electrons. The van der Waals surface area contributed by atoms with Crippen LogP contribution in [0.15, 0.2) is 42.5 Å². The second-order valence-corrected chi connectivity index (χ2v) is 4.61. The van der Waals surface area contributed by atoms with Gasteiger partial charge in [-0.2, -0.15) is 5.26 Å². The summed E-state index contributed by atoms with van der Waals surface area (Å²) in [6, 6.07) is 14.0. The molecular formula is C15H12ClFN2. The van der Waals surface area contributed by atoms with Crippen LogP contribution in [0.3, 0.4) is 0 Å². The van der Waals surface area contributed by atoms with Crippen molar-refractivity contribution in [3.8, 4) is 6.07 Å². The number of rotatable bonds is 3. The first-order valence-corrected chi connectivity index (χ1v) is 6.20. The van der Waals surface area contributed by atoms with E-state index in [1.807, 2.05) is 19.1 Å². The summed E-state index contributed by atoms with van der Waals surface area (Å²) in [5, 5.41) is 11.9. The molecule has 2 aromatic carbocycles. The number of benzene rings is 2. The summed E-state index contributed by atoms with van der Waals surface area (Å²) in [6.07, 6.45) is 0. The third-order valence-corrected chi connectivity index (χ3v) is 3.16. The lowest BCUT2D eigenvalue weighted by molar-refractivity contribution is 0.628. The first kappa shape index (κ1) is 13.4. The van der Waals surface area contributed by atoms with Crippen molar-refractivity contribution in [3.63, 3.8) is 0 Å². The summed E-state index contributed by atoms with van der Waals surface area (Å²) >= 11 is 5.73. The zero-order valence-corrected chi connectivity index (χ0v) is 11.1. The fourth-order valence-corrected chi connectivity index (χ4v) is 1.95. The minimum Gasteiger partial charge on any atom is -0.376 e. The molecule has 0 radical (unpaired) electrons. The lowest BCUT2D eigenvalue weighted by Gasteiger charge is -2.16. The zero-order chi connectivity index (χ0) is 13.8. The maximum Gasteiger partial charge on any atom is 0.164 e. The highest BCUT2D eigenvalue weighted by molar-refractivity contribution is 6.31. The molecule has 2 rings (SSSR count). The molecule has 1 N–H and O–H groups in total. The van der Waals surface area contributed by atoms with Crippen LogP contribution in [0.25, 0.3) is 0 Å². The molecule has 2 nitrogen and oxygen atoms in total. The van der Waals surface area contributed by atoms with Gasteiger partial charge in [-0.1, -0.05) is 29.8 Å². The van der Waals surface area contributed by atoms with Gasteiger partial charge in [0.2, 0.25) is 0 Å². The quantitative estimate of drug-likeness (QED) is 0.893. The Morgan fingerprint density at radius 2 is 1.89 bits per heavy atom. The van der Waals surface area contributed by atoms with Crippen LogP contribution in [0.2, 0.25) is 5.02 Å². The molecule has 0 heterocycles. The molecule has 0 bridgehead atoms. The fourth-order valence-electron chi connectivity index (χ4n) is 1.78. The SMILES string of the molecule is CC(Nc1cccc(Cl)c1F)c1ccc(C#N)cc1. The highest BCUT2D eigenvalue weighted by atomic mass is 35.5. The van der Waals surface area contributed by atoms with Crippen LogP contribution in [-0.4, -0.2) is 0 Å². The molecule has 0 saturated heterocycles. The summed E-state index contributed by atoms with van der Waals surface area (Å²) in [5.41, 5.74) is 1.94. The average Bonchev–Trinajstić information content (AvgIpc) is 2.44. The van der Waals surface area contributed by atoms with E-state index >= 15 is 0 Å². The van der Waals surface area contributed by atoms with E-state index in [4.69, 9.17) is 16.9 Å². The standard InChI is InChI=1S/C15H12ClFN2/c1-10(12-7-5-11(9-18)6-8-12)19-14-4-2-3-13(16)15(14)17/h2-8,10,19H,1H3. The van der Waals surface area contributed by atoms with Gasteiger partial charge in [-0.05, 0) is 36.8 Å². The van der Waals surface area contributed by atoms with Crippen LogP contribution < -0.4 is 5.32 Å². The van der Waals surface area contributed by atoms with E-state index in [1.54, 1.807) is 24.3 Å². The fraction of sp³-hybridized carbons (Fsp3) is 0.133. The number of hydrogen-bond acceptors (Lipinski definition) is 2. The Bertz CT molecular complexity index is 617. The molecule has 0 spiro atoms. The Kier molecular flexibility index (Phi) is 4.03. The number of nitrogens with one attached hydrogen (secondary N) is 1. The predicted octanol–water partition coefficient (Wildman–Crippen LogP) is 4.52. The van der Waals surface area contributed by atoms with Gasteiger partial charge >= 0.3 is 0 Å². The van der Waals surface area contributed by atoms with Crippen molar-refractivity contribution in [3.05, 3.63) is 64.4 Å². The van der Waals surface area contributed by atoms with Crippen molar-refractivity contribution < 1.29 is 4.39 Å². The lowest BCUT2D eigenvalue weighted by Crippen LogP contribution is -2.08. The van der Waals surface area contributed by atoms with Crippen LogP contribution in [0, 0.1) is 17.1 Å². The number of nitrogens with zero attached hydrogens (tertiary/aromatic N) is 1. The van der Waals surface area contributed by atoms with Gasteiger partial charge < -0.3 is 5.32 Å². The maximum absolute atomic E-state index is 13.8. The third kappa shape index (κ3) is 3.04. The highest BCUT2D eigenvalue weighted by Crippen LogP contribution is 2.26. The van der Waals surface area contributed by atoms with Gasteiger partial charge in [-0.15, -0.1) is 0 Å². The maximum atomic E-state index is 13.8. The molecule has 0 aliphatic rings. The summed E-state index contributed by atoms with van der Waals surface area (Å²) in [4.78, 5) is 0. The van der Waals surface area contributed by atoms with Gasteiger partial charge in [0.25, 0.3) is 0 Å². The van der Waals surface area contributed by atoms with E-state index in [-0.39, 0.29) is 11.1 Å². The normalized spacial score (nSPS) is 11.7. The van der Waals surface area contributed by atoms with E-state index in [0.29, 0.717) is 11.3 Å². The first-order chi connectivity index (χ1) is 9.11. The number of anilines is 1. The Morgan fingerprint density at radius 1 is 1.21 bits per heavy atom. The number of halogens is 2. The zero-order valence-electron chi connectivity index (χ0n) is 10.3. The van der Waals surface area contributed by atoms with Gasteiger partial charge in [-0.25, -0.2) is 4.39 Å². The van der Waals surface area contributed by atoms with Crippen LogP contribution in [0.5, 0.6) is 0 Å². The van der Waals surface area contributed by atoms with E-state index < -0.39 is 5.82 Å². The van der Waals surface area contributed by atoms with Crippen molar-refractivity contribution >= 4 is 17.3 Å². The largest absolute Gasteiger partial charge is 0.376 e. The minimum absolute atomic E-state index is 0.0827. The van der Waals surface area contributed by atoms with Crippen LogP contribution in [0.1, 0.15) is 24.1 Å². The Balaban J connectivity index is 2.18. The minimum atomic E-state index is -0.454. The smallest absolute Gasteiger partial charge is 0.164 e. The molecule has 0 saturated carbocycles. The first-order valence-electron chi connectivity index (χ1n) is 5.82. The second-order valence-electron chi connectivity index (χ2n) is 4.20. The van der Waals surface area contributed by atoms with Crippen LogP contribution >= 0.6 is 11.6 Å². The molecule has 0 aliphatic heterocycles. The monoisotopic (exact) mass is 274 g/mol. The Morgan fingerprint density at radius 3 is 2.53 bits per heavy atom. The van der Waals surface area contributed by atoms with Crippen LogP contribution in [-0.2, 0) is 0 Å². The topological polar surface area (TPSA) is 35.8 Å². The van der Waals surface area contributed by atoms with Gasteiger partial charge in [0.15, 0.2) is 5.82 Å². The summed E-state index contributed by atoms with van der Waals surface area (Å²) in [5.74, 6) is -0.454. The molecule has 19 heavy (non-hydrogen) atoms. The molecule has 0 fully saturated rings. The predicted molar refractivity (Wildman–Crippen MR) is 74.6 cm³/mol. The van der Waals surface area contributed by atoms with Crippen LogP contribution in [0.4, 0.5) is 10.1 Å². The van der Waals surface area contributed by atoms with E-state index in [1.165, 1.54) is 6.07 Å². The molecule has 2 aromatic rings. The van der Waals surface area contributed by atoms with Gasteiger partial charge in [0, 0.05) is 6.04 Å². The van der Waals surface area contributed by atoms with Crippen molar-refractivity contribution in [2.45, 2.75) is 13.0 Å². The molecule has 0 amide bonds. The molecule has 1 unspecified atom stereocenters. The third-order valence-electron chi connectivity index (χ3n) is 2.86. The van der Waals surface area contributed by atoms with Gasteiger partial charge in [0.05, 0.1) is 22.3 Å². The van der Waals surface area contributed by atoms with Gasteiger partial charge in [-0.3, -0.25) is 0 Å². The molecule has 0 aliphatic carbocycles. The van der Waals surface area contributed by atoms with Crippen molar-refractivity contribution in [1.29, 1.82) is 5.26 Å². The Labute approximate surface area is 116 Å². The Hall–Kier alpha value is -2.05. The number of nitriles is 1. The second kappa shape index (κ2) is 5.73. The lowest BCUT2D eigenvalue weighted by atomic mass is 10.1. The summed E-state index contributed by atoms with van der Waals surface area (Å²) in [7, 11) is 0. The van der Waals surface area contributed by atoms with Crippen molar-refractivity contribution in [2.24, 2.45) is 0 Å². The van der Waals surface area contributed by atoms with Gasteiger partial charge in [0.1, 0.15) is 0 Å². The summed E-state index contributed by atoms with van der Waals surface area (Å²) < 4.78 is 13.8. The van der Waals surface area contributed by atoms with E-state index in [0.717, 1.165) is 5.56 Å². The van der Waals surface area contributed by atoms with Crippen molar-refractivity contribution in [1.82, 2.24) is 0 Å². The molecule has 4 heteroatoms. The molecule has 1 atom stereocenters. The molecular weight excluding hydrogens is 263 g/mol. The van der Waals surface area contributed by atoms with E-state index in [2.05, 4.69) is 11.4 Å². The molecule has 0 aromatic heterocycles. The number of hydrogen-bond donors (Lipinski definition) is 1. The average molecular weight is 275 g/mol.